The van der Waals surface area contributed by atoms with Crippen molar-refractivity contribution in [2.75, 3.05) is 11.5 Å². The molecule has 1 N–H and O–H groups in total. The smallest absolute Gasteiger partial charge is 0.237 e. The van der Waals surface area contributed by atoms with Crippen molar-refractivity contribution in [3.05, 3.63) is 0 Å². The van der Waals surface area contributed by atoms with Gasteiger partial charge in [0.25, 0.3) is 0 Å². The predicted molar refractivity (Wildman–Crippen MR) is 38.1 cm³/mol. The van der Waals surface area contributed by atoms with Gasteiger partial charge in [-0.1, -0.05) is 21.6 Å². The Kier molecular flexibility index (Phi) is 2.41. The van der Waals surface area contributed by atoms with E-state index >= 15 is 0 Å². The summed E-state index contributed by atoms with van der Waals surface area (Å²) in [6.07, 6.45) is 0. The molecule has 0 aromatic heterocycles. The number of imide groups is 1. The molecule has 0 bridgehead atoms. The third-order valence-corrected chi connectivity index (χ3v) is 2.88. The highest BCUT2D eigenvalue weighted by Gasteiger charge is 2.12. The summed E-state index contributed by atoms with van der Waals surface area (Å²) in [6, 6.07) is 0. The van der Waals surface area contributed by atoms with Gasteiger partial charge in [0, 0.05) is 0 Å². The number of hydrogen-bond donors (Lipinski definition) is 1. The van der Waals surface area contributed by atoms with Crippen molar-refractivity contribution in [1.29, 1.82) is 0 Å². The number of rotatable bonds is 0. The fourth-order valence-electron chi connectivity index (χ4n) is 0.418. The molecule has 0 radical (unpaired) electrons. The molecule has 0 aromatic rings. The summed E-state index contributed by atoms with van der Waals surface area (Å²) in [5, 5.41) is 2.22. The van der Waals surface area contributed by atoms with E-state index in [1.165, 1.54) is 21.6 Å². The van der Waals surface area contributed by atoms with E-state index in [-0.39, 0.29) is 11.8 Å². The van der Waals surface area contributed by atoms with Crippen molar-refractivity contribution >= 4 is 33.4 Å². The van der Waals surface area contributed by atoms with Crippen LogP contribution in [0.15, 0.2) is 0 Å². The van der Waals surface area contributed by atoms with E-state index in [0.29, 0.717) is 11.5 Å². The van der Waals surface area contributed by atoms with Gasteiger partial charge in [-0.2, -0.15) is 0 Å². The molecule has 0 unspecified atom stereocenters. The Morgan fingerprint density at radius 2 is 1.56 bits per heavy atom. The van der Waals surface area contributed by atoms with Crippen LogP contribution >= 0.6 is 21.6 Å². The molecule has 0 aliphatic carbocycles. The molecule has 3 nitrogen and oxygen atoms in total. The van der Waals surface area contributed by atoms with Crippen LogP contribution in [0.2, 0.25) is 0 Å². The first-order chi connectivity index (χ1) is 4.29. The lowest BCUT2D eigenvalue weighted by Crippen LogP contribution is -2.30. The lowest BCUT2D eigenvalue weighted by atomic mass is 10.6. The van der Waals surface area contributed by atoms with Gasteiger partial charge >= 0.3 is 0 Å². The Morgan fingerprint density at radius 3 is 2.00 bits per heavy atom. The van der Waals surface area contributed by atoms with Gasteiger partial charge in [0.1, 0.15) is 0 Å². The third kappa shape index (κ3) is 2.28. The Balaban J connectivity index is 2.47. The fourth-order valence-corrected chi connectivity index (χ4v) is 2.09. The molecular weight excluding hydrogens is 158 g/mol. The van der Waals surface area contributed by atoms with Crippen molar-refractivity contribution in [2.45, 2.75) is 0 Å². The maximum atomic E-state index is 10.5. The topological polar surface area (TPSA) is 46.2 Å². The first-order valence-corrected chi connectivity index (χ1v) is 4.85. The zero-order valence-electron chi connectivity index (χ0n) is 4.55. The number of carbonyl (C=O) groups excluding carboxylic acids is 2. The molecule has 1 heterocycles. The van der Waals surface area contributed by atoms with E-state index in [0.717, 1.165) is 0 Å². The molecule has 0 spiro atoms. The Bertz CT molecular complexity index is 132. The van der Waals surface area contributed by atoms with Gasteiger partial charge in [-0.3, -0.25) is 14.9 Å². The van der Waals surface area contributed by atoms with Crippen LogP contribution in [0.3, 0.4) is 0 Å². The van der Waals surface area contributed by atoms with Crippen LogP contribution < -0.4 is 5.32 Å². The van der Waals surface area contributed by atoms with Crippen molar-refractivity contribution in [2.24, 2.45) is 0 Å². The van der Waals surface area contributed by atoms with Crippen LogP contribution in [0.4, 0.5) is 0 Å². The minimum atomic E-state index is -0.185. The molecule has 0 saturated carbocycles. The summed E-state index contributed by atoms with van der Waals surface area (Å²) in [6.45, 7) is 0. The Labute approximate surface area is 60.3 Å². The van der Waals surface area contributed by atoms with Crippen LogP contribution in [0.5, 0.6) is 0 Å². The largest absolute Gasteiger partial charge is 0.295 e. The average Bonchev–Trinajstić information content (AvgIpc) is 1.93. The first-order valence-electron chi connectivity index (χ1n) is 2.36. The zero-order chi connectivity index (χ0) is 6.69. The highest BCUT2D eigenvalue weighted by Crippen LogP contribution is 2.21. The van der Waals surface area contributed by atoms with Gasteiger partial charge in [0.15, 0.2) is 0 Å². The van der Waals surface area contributed by atoms with E-state index in [4.69, 9.17) is 0 Å². The highest BCUT2D eigenvalue weighted by atomic mass is 33.1. The minimum Gasteiger partial charge on any atom is -0.295 e. The maximum absolute atomic E-state index is 10.5. The van der Waals surface area contributed by atoms with E-state index in [9.17, 15) is 9.59 Å². The van der Waals surface area contributed by atoms with Gasteiger partial charge in [-0.15, -0.1) is 0 Å². The summed E-state index contributed by atoms with van der Waals surface area (Å²) in [5.41, 5.74) is 0. The quantitative estimate of drug-likeness (QED) is 0.404. The van der Waals surface area contributed by atoms with Crippen LogP contribution in [-0.4, -0.2) is 23.3 Å². The van der Waals surface area contributed by atoms with E-state index in [1.54, 1.807) is 0 Å². The zero-order valence-corrected chi connectivity index (χ0v) is 6.18. The van der Waals surface area contributed by atoms with Gasteiger partial charge in [-0.05, 0) is 0 Å². The number of amides is 2. The standard InChI is InChI=1S/C4H5NO2S2/c6-3-1-8-9-2-4(7)5-3/h1-2H2,(H,5,6,7). The normalized spacial score (nSPS) is 20.9. The van der Waals surface area contributed by atoms with Gasteiger partial charge in [-0.25, -0.2) is 0 Å². The van der Waals surface area contributed by atoms with Crippen LogP contribution in [-0.2, 0) is 9.59 Å². The third-order valence-electron chi connectivity index (χ3n) is 0.742. The summed E-state index contributed by atoms with van der Waals surface area (Å²) in [4.78, 5) is 21.1. The second-order valence-corrected chi connectivity index (χ2v) is 3.96. The summed E-state index contributed by atoms with van der Waals surface area (Å²) >= 11 is 0. The predicted octanol–water partition coefficient (Wildman–Crippen LogP) is 0.0242. The second-order valence-electron chi connectivity index (χ2n) is 1.50. The molecule has 1 fully saturated rings. The summed E-state index contributed by atoms with van der Waals surface area (Å²) < 4.78 is 0. The first kappa shape index (κ1) is 6.95. The Morgan fingerprint density at radius 1 is 1.11 bits per heavy atom. The molecule has 1 aliphatic heterocycles. The van der Waals surface area contributed by atoms with Gasteiger partial charge < -0.3 is 0 Å². The molecule has 50 valence electrons. The molecule has 2 amide bonds. The van der Waals surface area contributed by atoms with Crippen LogP contribution in [0.1, 0.15) is 0 Å². The molecule has 5 heteroatoms. The van der Waals surface area contributed by atoms with Gasteiger partial charge in [0.2, 0.25) is 11.8 Å². The average molecular weight is 163 g/mol. The molecule has 1 rings (SSSR count). The van der Waals surface area contributed by atoms with Crippen molar-refractivity contribution in [3.8, 4) is 0 Å². The van der Waals surface area contributed by atoms with E-state index in [2.05, 4.69) is 5.32 Å². The maximum Gasteiger partial charge on any atom is 0.237 e. The summed E-state index contributed by atoms with van der Waals surface area (Å²) in [5.74, 6) is 0.400. The summed E-state index contributed by atoms with van der Waals surface area (Å²) in [7, 11) is 2.82. The molecule has 0 aromatic carbocycles. The van der Waals surface area contributed by atoms with Crippen molar-refractivity contribution in [1.82, 2.24) is 5.32 Å². The van der Waals surface area contributed by atoms with E-state index in [1.807, 2.05) is 0 Å². The lowest BCUT2D eigenvalue weighted by Gasteiger charge is -1.91. The molecule has 1 aliphatic rings. The Hall–Kier alpha value is -0.160. The number of nitrogens with one attached hydrogen (secondary N) is 1. The number of hydrogen-bond acceptors (Lipinski definition) is 4. The van der Waals surface area contributed by atoms with Crippen LogP contribution in [0, 0.1) is 0 Å². The molecule has 9 heavy (non-hydrogen) atoms. The molecular formula is C4H5NO2S2. The SMILES string of the molecule is O=C1CSSCC(=O)N1. The van der Waals surface area contributed by atoms with Crippen LogP contribution in [0.25, 0.3) is 0 Å². The van der Waals surface area contributed by atoms with Gasteiger partial charge in [0.05, 0.1) is 11.5 Å². The highest BCUT2D eigenvalue weighted by molar-refractivity contribution is 8.77. The lowest BCUT2D eigenvalue weighted by molar-refractivity contribution is -0.127. The van der Waals surface area contributed by atoms with Crippen molar-refractivity contribution in [3.63, 3.8) is 0 Å². The number of carbonyl (C=O) groups is 2. The molecule has 0 atom stereocenters. The monoisotopic (exact) mass is 163 g/mol. The minimum absolute atomic E-state index is 0.185. The van der Waals surface area contributed by atoms with E-state index < -0.39 is 0 Å². The van der Waals surface area contributed by atoms with Crippen molar-refractivity contribution < 1.29 is 9.59 Å². The fraction of sp³-hybridized carbons (Fsp3) is 0.500. The second kappa shape index (κ2) is 3.12. The molecule has 1 saturated heterocycles.